The number of hydrogen-bond donors (Lipinski definition) is 2. The molecule has 3 nitrogen and oxygen atoms in total. The molecule has 0 bridgehead atoms. The molecule has 0 radical (unpaired) electrons. The summed E-state index contributed by atoms with van der Waals surface area (Å²) >= 11 is 1.87. The molecule has 1 atom stereocenters. The van der Waals surface area contributed by atoms with Crippen LogP contribution in [0.5, 0.6) is 0 Å². The molecule has 0 aliphatic heterocycles. The van der Waals surface area contributed by atoms with Crippen molar-refractivity contribution in [1.82, 2.24) is 10.3 Å². The molecule has 102 valence electrons. The van der Waals surface area contributed by atoms with E-state index in [0.717, 1.165) is 31.8 Å². The summed E-state index contributed by atoms with van der Waals surface area (Å²) in [5.74, 6) is 1.34. The first-order valence-corrected chi connectivity index (χ1v) is 7.91. The smallest absolute Gasteiger partial charge is 0.0959 e. The second kappa shape index (κ2) is 7.22. The summed E-state index contributed by atoms with van der Waals surface area (Å²) in [7, 11) is 0. The van der Waals surface area contributed by atoms with E-state index in [2.05, 4.69) is 17.2 Å². The number of aliphatic hydroxyl groups is 1. The Morgan fingerprint density at radius 3 is 3.00 bits per heavy atom. The predicted molar refractivity (Wildman–Crippen MR) is 75.9 cm³/mol. The van der Waals surface area contributed by atoms with Gasteiger partial charge in [0.1, 0.15) is 0 Å². The van der Waals surface area contributed by atoms with Gasteiger partial charge in [-0.2, -0.15) is 0 Å². The minimum atomic E-state index is 0.298. The van der Waals surface area contributed by atoms with Crippen molar-refractivity contribution < 1.29 is 5.11 Å². The van der Waals surface area contributed by atoms with Crippen molar-refractivity contribution in [2.24, 2.45) is 5.92 Å². The van der Waals surface area contributed by atoms with E-state index in [1.807, 2.05) is 17.5 Å². The van der Waals surface area contributed by atoms with Crippen LogP contribution in [0.15, 0.2) is 6.20 Å². The Bertz CT molecular complexity index is 349. The first kappa shape index (κ1) is 14.0. The van der Waals surface area contributed by atoms with E-state index >= 15 is 0 Å². The molecular formula is C14H24N2OS. The molecule has 1 saturated carbocycles. The molecule has 1 aliphatic carbocycles. The van der Waals surface area contributed by atoms with E-state index in [4.69, 9.17) is 5.11 Å². The number of thiazole rings is 1. The summed E-state index contributed by atoms with van der Waals surface area (Å²) < 4.78 is 0. The van der Waals surface area contributed by atoms with E-state index < -0.39 is 0 Å². The zero-order valence-electron chi connectivity index (χ0n) is 11.2. The first-order valence-electron chi connectivity index (χ1n) is 7.09. The molecule has 1 aromatic heterocycles. The van der Waals surface area contributed by atoms with Crippen LogP contribution >= 0.6 is 11.3 Å². The SMILES string of the molecule is CCC(CCO)CNCc1cnc(C2CCC2)s1. The maximum absolute atomic E-state index is 8.95. The van der Waals surface area contributed by atoms with Crippen molar-refractivity contribution in [2.45, 2.75) is 51.5 Å². The van der Waals surface area contributed by atoms with Crippen LogP contribution in [0.2, 0.25) is 0 Å². The first-order chi connectivity index (χ1) is 8.83. The van der Waals surface area contributed by atoms with Gasteiger partial charge in [-0.1, -0.05) is 19.8 Å². The average molecular weight is 268 g/mol. The minimum Gasteiger partial charge on any atom is -0.396 e. The fourth-order valence-corrected chi connectivity index (χ4v) is 3.34. The summed E-state index contributed by atoms with van der Waals surface area (Å²) in [5.41, 5.74) is 0. The zero-order chi connectivity index (χ0) is 12.8. The van der Waals surface area contributed by atoms with Crippen LogP contribution in [0.3, 0.4) is 0 Å². The summed E-state index contributed by atoms with van der Waals surface area (Å²) in [6, 6.07) is 0. The molecule has 0 aromatic carbocycles. The summed E-state index contributed by atoms with van der Waals surface area (Å²) in [6.07, 6.45) is 8.09. The van der Waals surface area contributed by atoms with Crippen LogP contribution in [0, 0.1) is 5.92 Å². The number of aliphatic hydroxyl groups excluding tert-OH is 1. The molecule has 4 heteroatoms. The maximum atomic E-state index is 8.95. The lowest BCUT2D eigenvalue weighted by atomic mass is 9.86. The summed E-state index contributed by atoms with van der Waals surface area (Å²) in [5, 5.41) is 13.8. The van der Waals surface area contributed by atoms with Crippen molar-refractivity contribution in [3.8, 4) is 0 Å². The van der Waals surface area contributed by atoms with E-state index in [1.165, 1.54) is 29.1 Å². The summed E-state index contributed by atoms with van der Waals surface area (Å²) in [4.78, 5) is 5.87. The van der Waals surface area contributed by atoms with Crippen LogP contribution in [-0.4, -0.2) is 23.2 Å². The Labute approximate surface area is 114 Å². The Morgan fingerprint density at radius 2 is 2.39 bits per heavy atom. The Balaban J connectivity index is 1.70. The molecule has 2 rings (SSSR count). The van der Waals surface area contributed by atoms with Crippen LogP contribution in [-0.2, 0) is 6.54 Å². The molecule has 1 unspecified atom stereocenters. The van der Waals surface area contributed by atoms with E-state index in [9.17, 15) is 0 Å². The molecule has 2 N–H and O–H groups in total. The van der Waals surface area contributed by atoms with E-state index in [-0.39, 0.29) is 0 Å². The van der Waals surface area contributed by atoms with Gasteiger partial charge in [0, 0.05) is 30.1 Å². The fraction of sp³-hybridized carbons (Fsp3) is 0.786. The Kier molecular flexibility index (Phi) is 5.60. The predicted octanol–water partition coefficient (Wildman–Crippen LogP) is 2.91. The quantitative estimate of drug-likeness (QED) is 0.762. The van der Waals surface area contributed by atoms with Gasteiger partial charge in [0.15, 0.2) is 0 Å². The Hall–Kier alpha value is -0.450. The van der Waals surface area contributed by atoms with Crippen molar-refractivity contribution in [1.29, 1.82) is 0 Å². The van der Waals surface area contributed by atoms with Crippen LogP contribution in [0.1, 0.15) is 54.8 Å². The average Bonchev–Trinajstić information content (AvgIpc) is 2.74. The lowest BCUT2D eigenvalue weighted by Crippen LogP contribution is -2.22. The van der Waals surface area contributed by atoms with Crippen molar-refractivity contribution in [2.75, 3.05) is 13.2 Å². The lowest BCUT2D eigenvalue weighted by molar-refractivity contribution is 0.251. The standard InChI is InChI=1S/C14H24N2OS/c1-2-11(6-7-17)8-15-9-13-10-16-14(18-13)12-4-3-5-12/h10-12,15,17H,2-9H2,1H3. The van der Waals surface area contributed by atoms with E-state index in [1.54, 1.807) is 0 Å². The third-order valence-corrected chi connectivity index (χ3v) is 5.03. The van der Waals surface area contributed by atoms with Crippen molar-refractivity contribution in [3.63, 3.8) is 0 Å². The number of aromatic nitrogens is 1. The third kappa shape index (κ3) is 3.77. The van der Waals surface area contributed by atoms with Gasteiger partial charge >= 0.3 is 0 Å². The highest BCUT2D eigenvalue weighted by Crippen LogP contribution is 2.38. The van der Waals surface area contributed by atoms with Crippen LogP contribution < -0.4 is 5.32 Å². The fourth-order valence-electron chi connectivity index (χ4n) is 2.28. The van der Waals surface area contributed by atoms with E-state index in [0.29, 0.717) is 12.5 Å². The van der Waals surface area contributed by atoms with Crippen molar-refractivity contribution in [3.05, 3.63) is 16.1 Å². The minimum absolute atomic E-state index is 0.298. The molecule has 1 fully saturated rings. The van der Waals surface area contributed by atoms with Crippen molar-refractivity contribution >= 4 is 11.3 Å². The van der Waals surface area contributed by atoms with Gasteiger partial charge in [0.25, 0.3) is 0 Å². The third-order valence-electron chi connectivity index (χ3n) is 3.87. The molecule has 1 heterocycles. The number of rotatable bonds is 8. The van der Waals surface area contributed by atoms with Gasteiger partial charge in [-0.25, -0.2) is 4.98 Å². The molecule has 1 aliphatic rings. The Morgan fingerprint density at radius 1 is 1.56 bits per heavy atom. The number of nitrogens with zero attached hydrogens (tertiary/aromatic N) is 1. The molecule has 18 heavy (non-hydrogen) atoms. The molecule has 0 amide bonds. The lowest BCUT2D eigenvalue weighted by Gasteiger charge is -2.22. The second-order valence-corrected chi connectivity index (χ2v) is 6.36. The number of hydrogen-bond acceptors (Lipinski definition) is 4. The van der Waals surface area contributed by atoms with Gasteiger partial charge in [0.2, 0.25) is 0 Å². The number of nitrogens with one attached hydrogen (secondary N) is 1. The maximum Gasteiger partial charge on any atom is 0.0959 e. The highest BCUT2D eigenvalue weighted by atomic mass is 32.1. The molecular weight excluding hydrogens is 244 g/mol. The van der Waals surface area contributed by atoms with Gasteiger partial charge in [-0.05, 0) is 31.7 Å². The van der Waals surface area contributed by atoms with Gasteiger partial charge < -0.3 is 10.4 Å². The van der Waals surface area contributed by atoms with Gasteiger partial charge in [-0.3, -0.25) is 0 Å². The highest BCUT2D eigenvalue weighted by molar-refractivity contribution is 7.11. The largest absolute Gasteiger partial charge is 0.396 e. The highest BCUT2D eigenvalue weighted by Gasteiger charge is 2.22. The molecule has 0 saturated heterocycles. The summed E-state index contributed by atoms with van der Waals surface area (Å²) in [6.45, 7) is 4.40. The topological polar surface area (TPSA) is 45.1 Å². The van der Waals surface area contributed by atoms with Gasteiger partial charge in [-0.15, -0.1) is 11.3 Å². The zero-order valence-corrected chi connectivity index (χ0v) is 12.0. The van der Waals surface area contributed by atoms with Crippen LogP contribution in [0.4, 0.5) is 0 Å². The molecule has 0 spiro atoms. The van der Waals surface area contributed by atoms with Gasteiger partial charge in [0.05, 0.1) is 5.01 Å². The second-order valence-electron chi connectivity index (χ2n) is 5.21. The van der Waals surface area contributed by atoms with Crippen LogP contribution in [0.25, 0.3) is 0 Å². The normalized spacial score (nSPS) is 17.7. The monoisotopic (exact) mass is 268 g/mol. The molecule has 1 aromatic rings.